The largest absolute Gasteiger partial charge is 0.416 e. The molecule has 2 aromatic rings. The predicted octanol–water partition coefficient (Wildman–Crippen LogP) is 6.03. The van der Waals surface area contributed by atoms with Gasteiger partial charge in [0.1, 0.15) is 0 Å². The fourth-order valence-corrected chi connectivity index (χ4v) is 2.96. The van der Waals surface area contributed by atoms with Gasteiger partial charge < -0.3 is 0 Å². The van der Waals surface area contributed by atoms with Gasteiger partial charge in [0.25, 0.3) is 0 Å². The van der Waals surface area contributed by atoms with Crippen LogP contribution in [0.1, 0.15) is 75.1 Å². The zero-order valence-electron chi connectivity index (χ0n) is 15.4. The number of alkyl halides is 3. The Labute approximate surface area is 153 Å². The van der Waals surface area contributed by atoms with Gasteiger partial charge in [0.2, 0.25) is 0 Å². The van der Waals surface area contributed by atoms with E-state index in [9.17, 15) is 13.2 Å². The molecule has 144 valence electrons. The highest BCUT2D eigenvalue weighted by Gasteiger charge is 2.29. The molecule has 0 saturated heterocycles. The summed E-state index contributed by atoms with van der Waals surface area (Å²) >= 11 is 0. The summed E-state index contributed by atoms with van der Waals surface area (Å²) in [6.07, 6.45) is 8.67. The van der Waals surface area contributed by atoms with Gasteiger partial charge >= 0.3 is 6.18 Å². The molecule has 0 saturated carbocycles. The second kappa shape index (κ2) is 10.3. The van der Waals surface area contributed by atoms with Crippen LogP contribution in [0.2, 0.25) is 0 Å². The SMILES string of the molecule is CCCCCCCCCCc1cn(Cc2ccc(C(F)(F)F)cc2)nn1. The molecule has 0 spiro atoms. The summed E-state index contributed by atoms with van der Waals surface area (Å²) in [5.74, 6) is 0. The average molecular weight is 367 g/mol. The smallest absolute Gasteiger partial charge is 0.248 e. The minimum absolute atomic E-state index is 0.433. The van der Waals surface area contributed by atoms with E-state index in [0.29, 0.717) is 6.54 Å². The molecule has 0 bridgehead atoms. The lowest BCUT2D eigenvalue weighted by Gasteiger charge is -2.07. The first-order chi connectivity index (χ1) is 12.5. The van der Waals surface area contributed by atoms with Gasteiger partial charge in [-0.1, -0.05) is 69.2 Å². The molecular formula is C20H28F3N3. The van der Waals surface area contributed by atoms with Gasteiger partial charge in [-0.15, -0.1) is 5.10 Å². The average Bonchev–Trinajstić information content (AvgIpc) is 3.04. The number of nitrogens with zero attached hydrogens (tertiary/aromatic N) is 3. The first kappa shape index (κ1) is 20.5. The Hall–Kier alpha value is -1.85. The molecule has 0 N–H and O–H groups in total. The second-order valence-corrected chi connectivity index (χ2v) is 6.83. The lowest BCUT2D eigenvalue weighted by Crippen LogP contribution is -2.05. The van der Waals surface area contributed by atoms with E-state index in [0.717, 1.165) is 36.2 Å². The maximum absolute atomic E-state index is 12.6. The molecule has 0 fully saturated rings. The molecule has 0 aliphatic heterocycles. The minimum Gasteiger partial charge on any atom is -0.248 e. The van der Waals surface area contributed by atoms with E-state index in [1.807, 2.05) is 6.20 Å². The van der Waals surface area contributed by atoms with Gasteiger partial charge in [0.05, 0.1) is 17.8 Å². The van der Waals surface area contributed by atoms with E-state index < -0.39 is 11.7 Å². The lowest BCUT2D eigenvalue weighted by atomic mass is 10.1. The Bertz CT molecular complexity index is 632. The molecule has 0 radical (unpaired) electrons. The number of hydrogen-bond donors (Lipinski definition) is 0. The third-order valence-electron chi connectivity index (χ3n) is 4.50. The standard InChI is InChI=1S/C20H28F3N3/c1-2-3-4-5-6-7-8-9-10-19-16-26(25-24-19)15-17-11-13-18(14-12-17)20(21,22)23/h11-14,16H,2-10,15H2,1H3. The summed E-state index contributed by atoms with van der Waals surface area (Å²) in [7, 11) is 0. The van der Waals surface area contributed by atoms with Gasteiger partial charge in [-0.3, -0.25) is 0 Å². The summed E-state index contributed by atoms with van der Waals surface area (Å²) in [4.78, 5) is 0. The third kappa shape index (κ3) is 7.18. The van der Waals surface area contributed by atoms with Crippen molar-refractivity contribution in [2.45, 2.75) is 77.4 Å². The number of halogens is 3. The summed E-state index contributed by atoms with van der Waals surface area (Å²) < 4.78 is 39.4. The van der Waals surface area contributed by atoms with E-state index in [1.54, 1.807) is 4.68 Å². The van der Waals surface area contributed by atoms with Gasteiger partial charge in [-0.25, -0.2) is 4.68 Å². The molecule has 26 heavy (non-hydrogen) atoms. The lowest BCUT2D eigenvalue weighted by molar-refractivity contribution is -0.137. The van der Waals surface area contributed by atoms with E-state index in [-0.39, 0.29) is 0 Å². The van der Waals surface area contributed by atoms with Gasteiger partial charge in [-0.2, -0.15) is 13.2 Å². The van der Waals surface area contributed by atoms with E-state index in [1.165, 1.54) is 57.1 Å². The van der Waals surface area contributed by atoms with E-state index in [4.69, 9.17) is 0 Å². The van der Waals surface area contributed by atoms with Crippen LogP contribution in [0.5, 0.6) is 0 Å². The second-order valence-electron chi connectivity index (χ2n) is 6.83. The molecule has 0 atom stereocenters. The Kier molecular flexibility index (Phi) is 8.13. The minimum atomic E-state index is -4.30. The van der Waals surface area contributed by atoms with Crippen LogP contribution in [0.4, 0.5) is 13.2 Å². The van der Waals surface area contributed by atoms with Crippen molar-refractivity contribution in [2.75, 3.05) is 0 Å². The van der Waals surface area contributed by atoms with Gasteiger partial charge in [0.15, 0.2) is 0 Å². The van der Waals surface area contributed by atoms with Crippen molar-refractivity contribution < 1.29 is 13.2 Å². The van der Waals surface area contributed by atoms with Crippen molar-refractivity contribution in [1.29, 1.82) is 0 Å². The molecular weight excluding hydrogens is 339 g/mol. The third-order valence-corrected chi connectivity index (χ3v) is 4.50. The normalized spacial score (nSPS) is 11.8. The maximum atomic E-state index is 12.6. The zero-order valence-corrected chi connectivity index (χ0v) is 15.4. The van der Waals surface area contributed by atoms with Crippen molar-refractivity contribution in [3.63, 3.8) is 0 Å². The number of aromatic nitrogens is 3. The van der Waals surface area contributed by atoms with Crippen LogP contribution in [0, 0.1) is 0 Å². The fraction of sp³-hybridized carbons (Fsp3) is 0.600. The fourth-order valence-electron chi connectivity index (χ4n) is 2.96. The van der Waals surface area contributed by atoms with Crippen molar-refractivity contribution in [2.24, 2.45) is 0 Å². The monoisotopic (exact) mass is 367 g/mol. The quantitative estimate of drug-likeness (QED) is 0.454. The number of aryl methyl sites for hydroxylation is 1. The van der Waals surface area contributed by atoms with Crippen molar-refractivity contribution >= 4 is 0 Å². The summed E-state index contributed by atoms with van der Waals surface area (Å²) in [5.41, 5.74) is 1.10. The summed E-state index contributed by atoms with van der Waals surface area (Å²) in [6.45, 7) is 2.66. The maximum Gasteiger partial charge on any atom is 0.416 e. The van der Waals surface area contributed by atoms with E-state index in [2.05, 4.69) is 17.2 Å². The summed E-state index contributed by atoms with van der Waals surface area (Å²) in [5, 5.41) is 8.24. The number of rotatable bonds is 11. The molecule has 0 unspecified atom stereocenters. The molecule has 0 amide bonds. The molecule has 0 aliphatic carbocycles. The molecule has 2 rings (SSSR count). The Morgan fingerprint density at radius 2 is 1.50 bits per heavy atom. The van der Waals surface area contributed by atoms with Gasteiger partial charge in [0, 0.05) is 6.20 Å². The van der Waals surface area contributed by atoms with Crippen LogP contribution >= 0.6 is 0 Å². The Morgan fingerprint density at radius 3 is 2.12 bits per heavy atom. The zero-order chi connectivity index (χ0) is 18.8. The topological polar surface area (TPSA) is 30.7 Å². The molecule has 1 heterocycles. The molecule has 1 aromatic heterocycles. The Balaban J connectivity index is 1.69. The highest BCUT2D eigenvalue weighted by molar-refractivity contribution is 5.24. The number of hydrogen-bond acceptors (Lipinski definition) is 2. The first-order valence-corrected chi connectivity index (χ1v) is 9.54. The highest BCUT2D eigenvalue weighted by Crippen LogP contribution is 2.29. The molecule has 1 aromatic carbocycles. The van der Waals surface area contributed by atoms with Crippen molar-refractivity contribution in [3.05, 3.63) is 47.3 Å². The highest BCUT2D eigenvalue weighted by atomic mass is 19.4. The predicted molar refractivity (Wildman–Crippen MR) is 96.9 cm³/mol. The van der Waals surface area contributed by atoms with Gasteiger partial charge in [-0.05, 0) is 30.5 Å². The van der Waals surface area contributed by atoms with Crippen LogP contribution in [0.15, 0.2) is 30.5 Å². The molecule has 6 heteroatoms. The van der Waals surface area contributed by atoms with Crippen molar-refractivity contribution in [3.8, 4) is 0 Å². The molecule has 0 aliphatic rings. The van der Waals surface area contributed by atoms with Crippen LogP contribution in [0.25, 0.3) is 0 Å². The van der Waals surface area contributed by atoms with Crippen LogP contribution in [-0.4, -0.2) is 15.0 Å². The van der Waals surface area contributed by atoms with Crippen LogP contribution < -0.4 is 0 Å². The number of benzene rings is 1. The Morgan fingerprint density at radius 1 is 0.885 bits per heavy atom. The first-order valence-electron chi connectivity index (χ1n) is 9.54. The van der Waals surface area contributed by atoms with Crippen molar-refractivity contribution in [1.82, 2.24) is 15.0 Å². The van der Waals surface area contributed by atoms with E-state index >= 15 is 0 Å². The van der Waals surface area contributed by atoms with Crippen LogP contribution in [-0.2, 0) is 19.1 Å². The number of unbranched alkanes of at least 4 members (excludes halogenated alkanes) is 7. The van der Waals surface area contributed by atoms with Crippen LogP contribution in [0.3, 0.4) is 0 Å². The molecule has 3 nitrogen and oxygen atoms in total. The summed E-state index contributed by atoms with van der Waals surface area (Å²) in [6, 6.07) is 5.19.